The van der Waals surface area contributed by atoms with Crippen molar-refractivity contribution in [1.82, 2.24) is 14.5 Å². The van der Waals surface area contributed by atoms with Crippen LogP contribution in [0, 0.1) is 22.7 Å². The highest BCUT2D eigenvalue weighted by atomic mass is 16.2. The van der Waals surface area contributed by atoms with Gasteiger partial charge in [-0.15, -0.1) is 0 Å². The first-order valence-electron chi connectivity index (χ1n) is 8.79. The van der Waals surface area contributed by atoms with Crippen LogP contribution in [0.3, 0.4) is 0 Å². The summed E-state index contributed by atoms with van der Waals surface area (Å²) < 4.78 is 2.08. The second kappa shape index (κ2) is 5.73. The van der Waals surface area contributed by atoms with Crippen LogP contribution >= 0.6 is 0 Å². The largest absolute Gasteiger partial charge is 0.331 e. The van der Waals surface area contributed by atoms with Crippen molar-refractivity contribution in [2.75, 3.05) is 0 Å². The lowest BCUT2D eigenvalue weighted by molar-refractivity contribution is -0.142. The minimum atomic E-state index is -0.190. The molecule has 128 valence electrons. The Bertz CT molecular complexity index is 839. The third-order valence-electron chi connectivity index (χ3n) is 5.71. The van der Waals surface area contributed by atoms with E-state index in [-0.39, 0.29) is 17.4 Å². The van der Waals surface area contributed by atoms with Crippen LogP contribution in [0.1, 0.15) is 49.6 Å². The molecule has 5 nitrogen and oxygen atoms in total. The topological polar surface area (TPSA) is 61.9 Å². The number of hydrogen-bond acceptors (Lipinski definition) is 3. The number of imidazole rings is 1. The van der Waals surface area contributed by atoms with E-state index in [1.807, 2.05) is 23.2 Å². The fraction of sp³-hybridized carbons (Fsp3) is 0.450. The normalized spacial score (nSPS) is 20.3. The van der Waals surface area contributed by atoms with Gasteiger partial charge in [0.2, 0.25) is 5.91 Å². The molecule has 1 aliphatic carbocycles. The zero-order valence-corrected chi connectivity index (χ0v) is 14.6. The molecule has 1 saturated carbocycles. The summed E-state index contributed by atoms with van der Waals surface area (Å²) in [7, 11) is 0. The summed E-state index contributed by atoms with van der Waals surface area (Å²) in [5.41, 5.74) is 2.70. The summed E-state index contributed by atoms with van der Waals surface area (Å²) in [5, 5.41) is 8.94. The van der Waals surface area contributed by atoms with Crippen LogP contribution in [-0.2, 0) is 17.9 Å². The van der Waals surface area contributed by atoms with Gasteiger partial charge < -0.3 is 9.47 Å². The van der Waals surface area contributed by atoms with Crippen LogP contribution in [0.4, 0.5) is 0 Å². The van der Waals surface area contributed by atoms with Crippen molar-refractivity contribution in [2.45, 2.75) is 45.8 Å². The lowest BCUT2D eigenvalue weighted by Gasteiger charge is -2.42. The van der Waals surface area contributed by atoms with Crippen molar-refractivity contribution in [3.63, 3.8) is 0 Å². The predicted octanol–water partition coefficient (Wildman–Crippen LogP) is 3.27. The molecule has 2 aliphatic rings. The van der Waals surface area contributed by atoms with Crippen LogP contribution in [0.25, 0.3) is 0 Å². The molecule has 4 rings (SSSR count). The molecule has 1 aliphatic heterocycles. The second-order valence-electron chi connectivity index (χ2n) is 7.79. The Morgan fingerprint density at radius 1 is 1.28 bits per heavy atom. The smallest absolute Gasteiger partial charge is 0.246 e. The first-order valence-corrected chi connectivity index (χ1v) is 8.79. The summed E-state index contributed by atoms with van der Waals surface area (Å²) in [6, 6.07) is 9.41. The number of nitrogens with zero attached hydrogens (tertiary/aromatic N) is 4. The van der Waals surface area contributed by atoms with Crippen LogP contribution in [0.2, 0.25) is 0 Å². The number of fused-ring (bicyclic) bond motifs is 1. The van der Waals surface area contributed by atoms with Gasteiger partial charge in [-0.25, -0.2) is 4.98 Å². The molecule has 1 unspecified atom stereocenters. The maximum atomic E-state index is 13.3. The van der Waals surface area contributed by atoms with Crippen LogP contribution < -0.4 is 0 Å². The van der Waals surface area contributed by atoms with E-state index >= 15 is 0 Å². The maximum Gasteiger partial charge on any atom is 0.246 e. The quantitative estimate of drug-likeness (QED) is 0.862. The van der Waals surface area contributed by atoms with Crippen LogP contribution in [0.5, 0.6) is 0 Å². The third-order valence-corrected chi connectivity index (χ3v) is 5.71. The van der Waals surface area contributed by atoms with E-state index in [9.17, 15) is 4.79 Å². The maximum absolute atomic E-state index is 13.3. The number of rotatable bonds is 4. The average molecular weight is 334 g/mol. The van der Waals surface area contributed by atoms with Crippen molar-refractivity contribution >= 4 is 5.91 Å². The zero-order valence-electron chi connectivity index (χ0n) is 14.6. The Morgan fingerprint density at radius 2 is 2.00 bits per heavy atom. The molecule has 0 saturated heterocycles. The summed E-state index contributed by atoms with van der Waals surface area (Å²) in [5.74, 6) is 0.776. The Morgan fingerprint density at radius 3 is 2.64 bits per heavy atom. The lowest BCUT2D eigenvalue weighted by atomic mass is 9.77. The average Bonchev–Trinajstić information content (AvgIpc) is 3.37. The molecule has 0 spiro atoms. The molecule has 0 bridgehead atoms. The number of aromatic nitrogens is 2. The molecule has 1 fully saturated rings. The van der Waals surface area contributed by atoms with E-state index in [2.05, 4.69) is 29.5 Å². The zero-order chi connectivity index (χ0) is 17.6. The Labute approximate surface area is 147 Å². The van der Waals surface area contributed by atoms with E-state index in [1.165, 1.54) is 12.8 Å². The van der Waals surface area contributed by atoms with E-state index in [4.69, 9.17) is 5.26 Å². The fourth-order valence-corrected chi connectivity index (χ4v) is 4.02. The summed E-state index contributed by atoms with van der Waals surface area (Å²) in [4.78, 5) is 19.5. The molecule has 2 heterocycles. The van der Waals surface area contributed by atoms with Crippen molar-refractivity contribution in [2.24, 2.45) is 11.3 Å². The first kappa shape index (κ1) is 15.9. The Balaban J connectivity index is 1.64. The molecule has 1 atom stereocenters. The molecular formula is C20H22N4O. The van der Waals surface area contributed by atoms with Gasteiger partial charge in [0.1, 0.15) is 6.04 Å². The highest BCUT2D eigenvalue weighted by Crippen LogP contribution is 2.52. The van der Waals surface area contributed by atoms with Crippen LogP contribution in [0.15, 0.2) is 36.8 Å². The number of carbonyl (C=O) groups excluding carboxylic acids is 1. The van der Waals surface area contributed by atoms with Gasteiger partial charge in [-0.2, -0.15) is 5.26 Å². The third kappa shape index (κ3) is 2.72. The molecular weight excluding hydrogens is 312 g/mol. The lowest BCUT2D eigenvalue weighted by Crippen LogP contribution is -2.48. The van der Waals surface area contributed by atoms with Crippen molar-refractivity contribution in [1.29, 1.82) is 5.26 Å². The molecule has 0 radical (unpaired) electrons. The molecule has 2 aromatic rings. The number of hydrogen-bond donors (Lipinski definition) is 0. The van der Waals surface area contributed by atoms with E-state index in [1.54, 1.807) is 18.5 Å². The standard InChI is InChI=1S/C20H22N4O/c1-20(2,16-7-8-16)18-19(25)23(12-17-10-22-13-24(17)18)11-15-5-3-14(9-21)4-6-15/h3-6,10,13,16,18H,7-8,11-12H2,1-2H3. The van der Waals surface area contributed by atoms with E-state index in [0.29, 0.717) is 24.6 Å². The Kier molecular flexibility index (Phi) is 3.64. The minimum Gasteiger partial charge on any atom is -0.331 e. The second-order valence-corrected chi connectivity index (χ2v) is 7.79. The van der Waals surface area contributed by atoms with Gasteiger partial charge in [-0.1, -0.05) is 26.0 Å². The molecule has 5 heteroatoms. The van der Waals surface area contributed by atoms with Crippen molar-refractivity contribution in [3.05, 3.63) is 53.6 Å². The molecule has 1 amide bonds. The molecule has 0 N–H and O–H groups in total. The SMILES string of the molecule is CC(C)(C1CC1)C1C(=O)N(Cc2ccc(C#N)cc2)Cc2cncn21. The van der Waals surface area contributed by atoms with Gasteiger partial charge in [-0.3, -0.25) is 4.79 Å². The van der Waals surface area contributed by atoms with E-state index in [0.717, 1.165) is 11.3 Å². The fourth-order valence-electron chi connectivity index (χ4n) is 4.02. The number of nitriles is 1. The highest BCUT2D eigenvalue weighted by molar-refractivity contribution is 5.82. The van der Waals surface area contributed by atoms with Gasteiger partial charge in [0, 0.05) is 12.7 Å². The Hall–Kier alpha value is -2.61. The van der Waals surface area contributed by atoms with Gasteiger partial charge in [0.05, 0.1) is 30.2 Å². The van der Waals surface area contributed by atoms with E-state index < -0.39 is 0 Å². The van der Waals surface area contributed by atoms with Gasteiger partial charge in [-0.05, 0) is 41.9 Å². The monoisotopic (exact) mass is 334 g/mol. The van der Waals surface area contributed by atoms with Crippen molar-refractivity contribution < 1.29 is 4.79 Å². The number of carbonyl (C=O) groups is 1. The van der Waals surface area contributed by atoms with Gasteiger partial charge >= 0.3 is 0 Å². The predicted molar refractivity (Wildman–Crippen MR) is 93.2 cm³/mol. The summed E-state index contributed by atoms with van der Waals surface area (Å²) in [6.07, 6.45) is 6.09. The van der Waals surface area contributed by atoms with Gasteiger partial charge in [0.15, 0.2) is 0 Å². The van der Waals surface area contributed by atoms with Gasteiger partial charge in [0.25, 0.3) is 0 Å². The first-order chi connectivity index (χ1) is 12.0. The molecule has 25 heavy (non-hydrogen) atoms. The molecule has 1 aromatic heterocycles. The highest BCUT2D eigenvalue weighted by Gasteiger charge is 2.50. The summed E-state index contributed by atoms with van der Waals surface area (Å²) in [6.45, 7) is 5.56. The summed E-state index contributed by atoms with van der Waals surface area (Å²) >= 11 is 0. The molecule has 1 aromatic carbocycles. The van der Waals surface area contributed by atoms with Crippen LogP contribution in [-0.4, -0.2) is 20.4 Å². The number of benzene rings is 1. The van der Waals surface area contributed by atoms with Crippen molar-refractivity contribution in [3.8, 4) is 6.07 Å². The number of amides is 1. The minimum absolute atomic E-state index is 0.0735.